The molecule has 0 amide bonds. The Kier molecular flexibility index (Phi) is 2.69. The topological polar surface area (TPSA) is 33.1 Å². The van der Waals surface area contributed by atoms with Crippen molar-refractivity contribution in [3.05, 3.63) is 28.0 Å². The highest BCUT2D eigenvalue weighted by molar-refractivity contribution is 6.32. The van der Waals surface area contributed by atoms with Crippen molar-refractivity contribution < 1.29 is 5.11 Å². The van der Waals surface area contributed by atoms with E-state index < -0.39 is 5.60 Å². The number of hydrogen-bond donors (Lipinski definition) is 1. The van der Waals surface area contributed by atoms with Gasteiger partial charge in [0.2, 0.25) is 0 Å². The molecule has 1 aliphatic rings. The predicted octanol–water partition coefficient (Wildman–Crippen LogP) is 2.85. The number of aliphatic hydroxyl groups is 1. The van der Waals surface area contributed by atoms with E-state index in [1.807, 2.05) is 0 Å². The lowest BCUT2D eigenvalue weighted by atomic mass is 10.1. The first-order chi connectivity index (χ1) is 6.57. The van der Waals surface area contributed by atoms with Crippen LogP contribution in [0.4, 0.5) is 0 Å². The van der Waals surface area contributed by atoms with Gasteiger partial charge in [0.05, 0.1) is 5.60 Å². The van der Waals surface area contributed by atoms with E-state index in [2.05, 4.69) is 4.98 Å². The summed E-state index contributed by atoms with van der Waals surface area (Å²) in [7, 11) is 0. The molecule has 1 aliphatic carbocycles. The fourth-order valence-corrected chi connectivity index (χ4v) is 1.94. The second-order valence-corrected chi connectivity index (χ2v) is 4.62. The van der Waals surface area contributed by atoms with Crippen molar-refractivity contribution in [3.8, 4) is 0 Å². The Morgan fingerprint density at radius 3 is 2.36 bits per heavy atom. The monoisotopic (exact) mass is 231 g/mol. The number of aromatic nitrogens is 1. The van der Waals surface area contributed by atoms with Gasteiger partial charge in [-0.25, -0.2) is 4.98 Å². The summed E-state index contributed by atoms with van der Waals surface area (Å²) in [5.74, 6) is 0. The van der Waals surface area contributed by atoms with Crippen molar-refractivity contribution in [1.82, 2.24) is 4.98 Å². The quantitative estimate of drug-likeness (QED) is 0.813. The summed E-state index contributed by atoms with van der Waals surface area (Å²) >= 11 is 11.5. The first-order valence-corrected chi connectivity index (χ1v) is 5.37. The van der Waals surface area contributed by atoms with Gasteiger partial charge in [-0.1, -0.05) is 23.2 Å². The van der Waals surface area contributed by atoms with Crippen molar-refractivity contribution in [2.75, 3.05) is 0 Å². The van der Waals surface area contributed by atoms with Crippen LogP contribution in [0.25, 0.3) is 0 Å². The molecule has 1 fully saturated rings. The zero-order chi connectivity index (χ0) is 10.2. The van der Waals surface area contributed by atoms with Gasteiger partial charge in [0, 0.05) is 0 Å². The summed E-state index contributed by atoms with van der Waals surface area (Å²) < 4.78 is 0. The van der Waals surface area contributed by atoms with E-state index in [1.54, 1.807) is 12.1 Å². The van der Waals surface area contributed by atoms with E-state index >= 15 is 0 Å². The van der Waals surface area contributed by atoms with Crippen LogP contribution in [-0.2, 0) is 6.42 Å². The molecule has 1 heterocycles. The lowest BCUT2D eigenvalue weighted by Gasteiger charge is -2.07. The van der Waals surface area contributed by atoms with Crippen molar-refractivity contribution in [2.45, 2.75) is 31.3 Å². The molecule has 1 aromatic rings. The Morgan fingerprint density at radius 2 is 1.86 bits per heavy atom. The van der Waals surface area contributed by atoms with Gasteiger partial charge in [-0.05, 0) is 43.4 Å². The van der Waals surface area contributed by atoms with Gasteiger partial charge < -0.3 is 5.11 Å². The fraction of sp³-hybridized carbons (Fsp3) is 0.500. The molecule has 14 heavy (non-hydrogen) atoms. The lowest BCUT2D eigenvalue weighted by molar-refractivity contribution is 0.140. The summed E-state index contributed by atoms with van der Waals surface area (Å²) in [5, 5.41) is 10.5. The smallest absolute Gasteiger partial charge is 0.131 e. The second kappa shape index (κ2) is 3.69. The molecule has 1 saturated carbocycles. The Balaban J connectivity index is 2.01. The van der Waals surface area contributed by atoms with Crippen molar-refractivity contribution in [3.63, 3.8) is 0 Å². The number of rotatable bonds is 3. The van der Waals surface area contributed by atoms with E-state index in [0.29, 0.717) is 10.3 Å². The summed E-state index contributed by atoms with van der Waals surface area (Å²) in [6, 6.07) is 3.58. The third-order valence-corrected chi connectivity index (χ3v) is 2.92. The normalized spacial score (nSPS) is 18.2. The highest BCUT2D eigenvalue weighted by atomic mass is 35.5. The van der Waals surface area contributed by atoms with Crippen LogP contribution in [0.3, 0.4) is 0 Å². The number of nitrogens with zero attached hydrogens (tertiary/aromatic N) is 1. The second-order valence-electron chi connectivity index (χ2n) is 3.85. The van der Waals surface area contributed by atoms with Crippen LogP contribution in [0.5, 0.6) is 0 Å². The van der Waals surface area contributed by atoms with E-state index in [0.717, 1.165) is 31.2 Å². The minimum Gasteiger partial charge on any atom is -0.390 e. The van der Waals surface area contributed by atoms with Crippen LogP contribution in [-0.4, -0.2) is 15.7 Å². The molecular formula is C10H11Cl2NO. The van der Waals surface area contributed by atoms with Crippen LogP contribution in [0, 0.1) is 0 Å². The predicted molar refractivity (Wildman–Crippen MR) is 56.8 cm³/mol. The Bertz CT molecular complexity index is 330. The molecule has 1 N–H and O–H groups in total. The number of hydrogen-bond acceptors (Lipinski definition) is 2. The summed E-state index contributed by atoms with van der Waals surface area (Å²) in [6.07, 6.45) is 3.42. The maximum absolute atomic E-state index is 9.65. The number of pyridine rings is 1. The highest BCUT2D eigenvalue weighted by Gasteiger charge is 2.39. The molecule has 0 bridgehead atoms. The van der Waals surface area contributed by atoms with Gasteiger partial charge in [-0.2, -0.15) is 0 Å². The van der Waals surface area contributed by atoms with Crippen LogP contribution in [0.15, 0.2) is 12.1 Å². The van der Waals surface area contributed by atoms with Crippen LogP contribution in [0.2, 0.25) is 10.3 Å². The van der Waals surface area contributed by atoms with Gasteiger partial charge in [-0.3, -0.25) is 0 Å². The largest absolute Gasteiger partial charge is 0.390 e. The maximum atomic E-state index is 9.65. The van der Waals surface area contributed by atoms with E-state index in [-0.39, 0.29) is 0 Å². The van der Waals surface area contributed by atoms with E-state index in [4.69, 9.17) is 23.2 Å². The molecule has 2 nitrogen and oxygen atoms in total. The third kappa shape index (κ3) is 2.59. The zero-order valence-electron chi connectivity index (χ0n) is 7.63. The highest BCUT2D eigenvalue weighted by Crippen LogP contribution is 2.39. The lowest BCUT2D eigenvalue weighted by Crippen LogP contribution is -2.07. The standard InChI is InChI=1S/C10H11Cl2NO/c11-8-5-7(6-9(12)13-8)1-2-10(14)3-4-10/h5-6,14H,1-4H2. The minimum atomic E-state index is -0.414. The van der Waals surface area contributed by atoms with Crippen LogP contribution in [0.1, 0.15) is 24.8 Å². The first-order valence-electron chi connectivity index (χ1n) is 4.62. The van der Waals surface area contributed by atoms with Crippen LogP contribution < -0.4 is 0 Å². The Morgan fingerprint density at radius 1 is 1.29 bits per heavy atom. The molecule has 0 atom stereocenters. The van der Waals surface area contributed by atoms with E-state index in [1.165, 1.54) is 0 Å². The first kappa shape index (κ1) is 10.2. The molecular weight excluding hydrogens is 221 g/mol. The molecule has 76 valence electrons. The molecule has 0 spiro atoms. The Labute approximate surface area is 92.9 Å². The van der Waals surface area contributed by atoms with E-state index in [9.17, 15) is 5.11 Å². The van der Waals surface area contributed by atoms with Crippen molar-refractivity contribution >= 4 is 23.2 Å². The summed E-state index contributed by atoms with van der Waals surface area (Å²) in [4.78, 5) is 3.86. The molecule has 0 aliphatic heterocycles. The number of halogens is 2. The van der Waals surface area contributed by atoms with Gasteiger partial charge in [0.1, 0.15) is 10.3 Å². The molecule has 2 rings (SSSR count). The SMILES string of the molecule is OC1(CCc2cc(Cl)nc(Cl)c2)CC1. The van der Waals surface area contributed by atoms with Gasteiger partial charge in [-0.15, -0.1) is 0 Å². The zero-order valence-corrected chi connectivity index (χ0v) is 9.15. The van der Waals surface area contributed by atoms with Gasteiger partial charge >= 0.3 is 0 Å². The average Bonchev–Trinajstić information content (AvgIpc) is 2.80. The fourth-order valence-electron chi connectivity index (χ4n) is 1.43. The molecule has 0 radical (unpaired) electrons. The Hall–Kier alpha value is -0.310. The molecule has 0 aromatic carbocycles. The molecule has 0 saturated heterocycles. The molecule has 4 heteroatoms. The van der Waals surface area contributed by atoms with Gasteiger partial charge in [0.15, 0.2) is 0 Å². The maximum Gasteiger partial charge on any atom is 0.131 e. The summed E-state index contributed by atoms with van der Waals surface area (Å²) in [5.41, 5.74) is 0.623. The molecule has 1 aromatic heterocycles. The van der Waals surface area contributed by atoms with Crippen molar-refractivity contribution in [1.29, 1.82) is 0 Å². The number of aryl methyl sites for hydroxylation is 1. The molecule has 0 unspecified atom stereocenters. The van der Waals surface area contributed by atoms with Crippen LogP contribution >= 0.6 is 23.2 Å². The third-order valence-electron chi connectivity index (χ3n) is 2.53. The summed E-state index contributed by atoms with van der Waals surface area (Å²) in [6.45, 7) is 0. The van der Waals surface area contributed by atoms with Gasteiger partial charge in [0.25, 0.3) is 0 Å². The minimum absolute atomic E-state index is 0.412. The van der Waals surface area contributed by atoms with Crippen molar-refractivity contribution in [2.24, 2.45) is 0 Å². The average molecular weight is 232 g/mol.